The molecule has 1 N–H and O–H groups in total. The van der Waals surface area contributed by atoms with Crippen molar-refractivity contribution < 1.29 is 27.4 Å². The van der Waals surface area contributed by atoms with Gasteiger partial charge in [0, 0.05) is 5.56 Å². The Labute approximate surface area is 112 Å². The number of ether oxygens (including phenoxy) is 1. The molecule has 0 saturated carbocycles. The van der Waals surface area contributed by atoms with Gasteiger partial charge in [0.2, 0.25) is 0 Å². The summed E-state index contributed by atoms with van der Waals surface area (Å²) < 4.78 is 55.9. The zero-order valence-electron chi connectivity index (χ0n) is 10.1. The van der Waals surface area contributed by atoms with Gasteiger partial charge in [-0.3, -0.25) is 0 Å². The maximum atomic E-state index is 12.7. The van der Waals surface area contributed by atoms with Crippen LogP contribution in [0.3, 0.4) is 0 Å². The maximum absolute atomic E-state index is 12.7. The first-order valence-corrected chi connectivity index (χ1v) is 5.64. The average Bonchev–Trinajstić information content (AvgIpc) is 2.40. The number of hydrogen-bond acceptors (Lipinski definition) is 2. The van der Waals surface area contributed by atoms with Gasteiger partial charge in [0.1, 0.15) is 17.3 Å². The van der Waals surface area contributed by atoms with Crippen LogP contribution in [0, 0.1) is 5.82 Å². The highest BCUT2D eigenvalue weighted by Crippen LogP contribution is 2.34. The highest BCUT2D eigenvalue weighted by Gasteiger charge is 2.31. The molecule has 0 radical (unpaired) electrons. The number of aliphatic hydroxyl groups excluding tert-OH is 1. The van der Waals surface area contributed by atoms with Crippen LogP contribution in [-0.2, 0) is 12.8 Å². The van der Waals surface area contributed by atoms with Crippen LogP contribution in [0.25, 0.3) is 0 Å². The van der Waals surface area contributed by atoms with E-state index in [4.69, 9.17) is 9.84 Å². The monoisotopic (exact) mass is 286 g/mol. The molecule has 0 saturated heterocycles. The largest absolute Gasteiger partial charge is 0.457 e. The van der Waals surface area contributed by atoms with Gasteiger partial charge in [-0.05, 0) is 36.4 Å². The van der Waals surface area contributed by atoms with E-state index in [-0.39, 0.29) is 17.1 Å². The van der Waals surface area contributed by atoms with Crippen LogP contribution in [0.4, 0.5) is 17.6 Å². The molecule has 20 heavy (non-hydrogen) atoms. The summed E-state index contributed by atoms with van der Waals surface area (Å²) in [5.41, 5.74) is -0.672. The summed E-state index contributed by atoms with van der Waals surface area (Å²) in [6.45, 7) is -0.464. The Hall–Kier alpha value is -2.08. The zero-order valence-corrected chi connectivity index (χ0v) is 10.1. The molecule has 0 aromatic heterocycles. The molecular formula is C14H10F4O2. The second-order valence-electron chi connectivity index (χ2n) is 4.03. The van der Waals surface area contributed by atoms with Crippen molar-refractivity contribution in [2.45, 2.75) is 12.8 Å². The molecule has 106 valence electrons. The fourth-order valence-electron chi connectivity index (χ4n) is 1.59. The van der Waals surface area contributed by atoms with Crippen LogP contribution >= 0.6 is 0 Å². The molecule has 0 bridgehead atoms. The standard InChI is InChI=1S/C14H10F4O2/c15-11-3-5-12(6-4-11)20-13-7-10(14(16,17)18)2-1-9(13)8-19/h1-7,19H,8H2. The normalized spacial score (nSPS) is 11.4. The predicted molar refractivity (Wildman–Crippen MR) is 63.8 cm³/mol. The molecule has 6 heteroatoms. The number of hydrogen-bond donors (Lipinski definition) is 1. The van der Waals surface area contributed by atoms with Crippen molar-refractivity contribution in [1.82, 2.24) is 0 Å². The van der Waals surface area contributed by atoms with Crippen molar-refractivity contribution >= 4 is 0 Å². The van der Waals surface area contributed by atoms with Gasteiger partial charge in [-0.25, -0.2) is 4.39 Å². The SMILES string of the molecule is OCc1ccc(C(F)(F)F)cc1Oc1ccc(F)cc1. The van der Waals surface area contributed by atoms with Crippen molar-refractivity contribution in [3.8, 4) is 11.5 Å². The van der Waals surface area contributed by atoms with E-state index in [1.54, 1.807) is 0 Å². The molecule has 0 heterocycles. The Kier molecular flexibility index (Phi) is 3.94. The molecule has 2 aromatic rings. The van der Waals surface area contributed by atoms with Gasteiger partial charge in [-0.1, -0.05) is 6.07 Å². The highest BCUT2D eigenvalue weighted by atomic mass is 19.4. The summed E-state index contributed by atoms with van der Waals surface area (Å²) >= 11 is 0. The van der Waals surface area contributed by atoms with E-state index in [1.807, 2.05) is 0 Å². The van der Waals surface area contributed by atoms with Gasteiger partial charge in [0.15, 0.2) is 0 Å². The molecule has 2 nitrogen and oxygen atoms in total. The van der Waals surface area contributed by atoms with E-state index < -0.39 is 24.2 Å². The summed E-state index contributed by atoms with van der Waals surface area (Å²) in [6.07, 6.45) is -4.51. The molecule has 0 spiro atoms. The Morgan fingerprint density at radius 3 is 2.20 bits per heavy atom. The van der Waals surface area contributed by atoms with Crippen LogP contribution in [0.1, 0.15) is 11.1 Å². The lowest BCUT2D eigenvalue weighted by Crippen LogP contribution is -2.05. The van der Waals surface area contributed by atoms with Crippen molar-refractivity contribution in [3.05, 3.63) is 59.4 Å². The third-order valence-corrected chi connectivity index (χ3v) is 2.61. The van der Waals surface area contributed by atoms with E-state index in [2.05, 4.69) is 0 Å². The van der Waals surface area contributed by atoms with Crippen LogP contribution < -0.4 is 4.74 Å². The summed E-state index contributed by atoms with van der Waals surface area (Å²) in [5.74, 6) is -0.418. The molecular weight excluding hydrogens is 276 g/mol. The first-order chi connectivity index (χ1) is 9.40. The van der Waals surface area contributed by atoms with Gasteiger partial charge < -0.3 is 9.84 Å². The highest BCUT2D eigenvalue weighted by molar-refractivity contribution is 5.41. The van der Waals surface area contributed by atoms with Crippen molar-refractivity contribution in [3.63, 3.8) is 0 Å². The first kappa shape index (κ1) is 14.3. The van der Waals surface area contributed by atoms with E-state index in [0.717, 1.165) is 30.3 Å². The molecule has 0 atom stereocenters. The molecule has 0 aliphatic heterocycles. The van der Waals surface area contributed by atoms with Crippen LogP contribution in [0.5, 0.6) is 11.5 Å². The second-order valence-corrected chi connectivity index (χ2v) is 4.03. The zero-order chi connectivity index (χ0) is 14.8. The fourth-order valence-corrected chi connectivity index (χ4v) is 1.59. The van der Waals surface area contributed by atoms with E-state index in [9.17, 15) is 17.6 Å². The Bertz CT molecular complexity index is 591. The summed E-state index contributed by atoms with van der Waals surface area (Å²) in [5, 5.41) is 9.11. The van der Waals surface area contributed by atoms with Gasteiger partial charge in [0.25, 0.3) is 0 Å². The molecule has 0 aliphatic carbocycles. The quantitative estimate of drug-likeness (QED) is 0.860. The third-order valence-electron chi connectivity index (χ3n) is 2.61. The Morgan fingerprint density at radius 1 is 1.00 bits per heavy atom. The van der Waals surface area contributed by atoms with Crippen molar-refractivity contribution in [2.24, 2.45) is 0 Å². The molecule has 2 aromatic carbocycles. The topological polar surface area (TPSA) is 29.5 Å². The van der Waals surface area contributed by atoms with Gasteiger partial charge >= 0.3 is 6.18 Å². The van der Waals surface area contributed by atoms with Crippen molar-refractivity contribution in [1.29, 1.82) is 0 Å². The van der Waals surface area contributed by atoms with E-state index in [1.165, 1.54) is 12.1 Å². The summed E-state index contributed by atoms with van der Waals surface area (Å²) in [7, 11) is 0. The first-order valence-electron chi connectivity index (χ1n) is 5.64. The molecule has 0 aliphatic rings. The predicted octanol–water partition coefficient (Wildman–Crippen LogP) is 4.13. The molecule has 0 amide bonds. The number of aliphatic hydroxyl groups is 1. The van der Waals surface area contributed by atoms with Crippen LogP contribution in [0.15, 0.2) is 42.5 Å². The minimum atomic E-state index is -4.51. The number of alkyl halides is 3. The maximum Gasteiger partial charge on any atom is 0.416 e. The Morgan fingerprint density at radius 2 is 1.65 bits per heavy atom. The molecule has 0 unspecified atom stereocenters. The minimum Gasteiger partial charge on any atom is -0.457 e. The molecule has 0 fully saturated rings. The lowest BCUT2D eigenvalue weighted by Gasteiger charge is -2.13. The van der Waals surface area contributed by atoms with Crippen LogP contribution in [0.2, 0.25) is 0 Å². The molecule has 2 rings (SSSR count). The summed E-state index contributed by atoms with van der Waals surface area (Å²) in [6, 6.07) is 7.64. The van der Waals surface area contributed by atoms with Gasteiger partial charge in [0.05, 0.1) is 12.2 Å². The third kappa shape index (κ3) is 3.27. The van der Waals surface area contributed by atoms with Crippen LogP contribution in [-0.4, -0.2) is 5.11 Å². The van der Waals surface area contributed by atoms with Gasteiger partial charge in [-0.2, -0.15) is 13.2 Å². The number of rotatable bonds is 3. The van der Waals surface area contributed by atoms with E-state index >= 15 is 0 Å². The number of benzene rings is 2. The van der Waals surface area contributed by atoms with Gasteiger partial charge in [-0.15, -0.1) is 0 Å². The minimum absolute atomic E-state index is 0.117. The smallest absolute Gasteiger partial charge is 0.416 e. The number of halogens is 4. The summed E-state index contributed by atoms with van der Waals surface area (Å²) in [4.78, 5) is 0. The lowest BCUT2D eigenvalue weighted by molar-refractivity contribution is -0.137. The van der Waals surface area contributed by atoms with E-state index in [0.29, 0.717) is 0 Å². The Balaban J connectivity index is 2.35. The fraction of sp³-hybridized carbons (Fsp3) is 0.143. The second kappa shape index (κ2) is 5.50. The van der Waals surface area contributed by atoms with Crippen molar-refractivity contribution in [2.75, 3.05) is 0 Å². The average molecular weight is 286 g/mol. The lowest BCUT2D eigenvalue weighted by atomic mass is 10.1.